The quantitative estimate of drug-likeness (QED) is 0.872. The monoisotopic (exact) mass is 279 g/mol. The molecule has 16 heavy (non-hydrogen) atoms. The molecule has 0 unspecified atom stereocenters. The predicted molar refractivity (Wildman–Crippen MR) is 70.8 cm³/mol. The van der Waals surface area contributed by atoms with Crippen molar-refractivity contribution in [2.24, 2.45) is 5.73 Å². The van der Waals surface area contributed by atoms with Crippen molar-refractivity contribution in [2.75, 3.05) is 13.2 Å². The summed E-state index contributed by atoms with van der Waals surface area (Å²) in [5.74, 6) is 0.882. The van der Waals surface area contributed by atoms with Crippen LogP contribution in [0.15, 0.2) is 40.9 Å². The summed E-state index contributed by atoms with van der Waals surface area (Å²) in [5, 5.41) is 2.38. The first-order valence-electron chi connectivity index (χ1n) is 5.33. The van der Waals surface area contributed by atoms with Crippen molar-refractivity contribution in [3.8, 4) is 5.75 Å². The molecule has 0 aliphatic carbocycles. The summed E-state index contributed by atoms with van der Waals surface area (Å²) >= 11 is 3.58. The van der Waals surface area contributed by atoms with Crippen molar-refractivity contribution in [1.29, 1.82) is 0 Å². The molecule has 0 aromatic heterocycles. The van der Waals surface area contributed by atoms with E-state index in [0.717, 1.165) is 16.6 Å². The van der Waals surface area contributed by atoms with E-state index >= 15 is 0 Å². The van der Waals surface area contributed by atoms with Crippen LogP contribution in [0.3, 0.4) is 0 Å². The second-order valence-electron chi connectivity index (χ2n) is 3.59. The van der Waals surface area contributed by atoms with E-state index in [1.54, 1.807) is 0 Å². The second-order valence-corrected chi connectivity index (χ2v) is 4.38. The highest BCUT2D eigenvalue weighted by Crippen LogP contribution is 2.32. The molecule has 84 valence electrons. The Bertz CT molecular complexity index is 484. The molecule has 0 aliphatic heterocycles. The van der Waals surface area contributed by atoms with Gasteiger partial charge >= 0.3 is 0 Å². The summed E-state index contributed by atoms with van der Waals surface area (Å²) in [5.41, 5.74) is 5.43. The lowest BCUT2D eigenvalue weighted by atomic mass is 10.1. The Balaban J connectivity index is 2.29. The first kappa shape index (κ1) is 11.4. The minimum Gasteiger partial charge on any atom is -0.492 e. The fourth-order valence-electron chi connectivity index (χ4n) is 1.59. The molecule has 0 bridgehead atoms. The molecule has 0 spiro atoms. The molecule has 2 nitrogen and oxygen atoms in total. The number of benzene rings is 2. The van der Waals surface area contributed by atoms with E-state index in [-0.39, 0.29) is 0 Å². The van der Waals surface area contributed by atoms with Crippen LogP contribution in [0.1, 0.15) is 6.42 Å². The summed E-state index contributed by atoms with van der Waals surface area (Å²) in [7, 11) is 0. The van der Waals surface area contributed by atoms with Gasteiger partial charge in [0.05, 0.1) is 11.1 Å². The third-order valence-corrected chi connectivity index (χ3v) is 3.25. The first-order chi connectivity index (χ1) is 7.83. The van der Waals surface area contributed by atoms with Gasteiger partial charge in [0.2, 0.25) is 0 Å². The van der Waals surface area contributed by atoms with Gasteiger partial charge in [0.1, 0.15) is 5.75 Å². The summed E-state index contributed by atoms with van der Waals surface area (Å²) in [6, 6.07) is 12.3. The Labute approximate surface area is 104 Å². The molecule has 2 N–H and O–H groups in total. The first-order valence-corrected chi connectivity index (χ1v) is 6.12. The highest BCUT2D eigenvalue weighted by atomic mass is 79.9. The van der Waals surface area contributed by atoms with Crippen molar-refractivity contribution in [1.82, 2.24) is 0 Å². The third kappa shape index (κ3) is 2.36. The van der Waals surface area contributed by atoms with E-state index in [4.69, 9.17) is 10.5 Å². The number of halogens is 1. The Kier molecular flexibility index (Phi) is 3.80. The van der Waals surface area contributed by atoms with E-state index in [1.165, 1.54) is 10.8 Å². The van der Waals surface area contributed by atoms with Gasteiger partial charge in [-0.3, -0.25) is 0 Å². The van der Waals surface area contributed by atoms with Gasteiger partial charge in [-0.25, -0.2) is 0 Å². The van der Waals surface area contributed by atoms with Crippen molar-refractivity contribution in [3.05, 3.63) is 40.9 Å². The molecule has 0 saturated carbocycles. The lowest BCUT2D eigenvalue weighted by molar-refractivity contribution is 0.312. The van der Waals surface area contributed by atoms with Crippen LogP contribution in [-0.4, -0.2) is 13.2 Å². The Morgan fingerprint density at radius 2 is 1.94 bits per heavy atom. The van der Waals surface area contributed by atoms with Crippen LogP contribution >= 0.6 is 15.9 Å². The van der Waals surface area contributed by atoms with Gasteiger partial charge in [0.15, 0.2) is 0 Å². The minimum absolute atomic E-state index is 0.658. The van der Waals surface area contributed by atoms with E-state index in [1.807, 2.05) is 18.2 Å². The molecule has 0 fully saturated rings. The number of rotatable bonds is 4. The molecule has 0 atom stereocenters. The maximum Gasteiger partial charge on any atom is 0.134 e. The summed E-state index contributed by atoms with van der Waals surface area (Å²) < 4.78 is 6.67. The average molecular weight is 280 g/mol. The average Bonchev–Trinajstić information content (AvgIpc) is 2.33. The highest BCUT2D eigenvalue weighted by molar-refractivity contribution is 9.10. The van der Waals surface area contributed by atoms with Crippen LogP contribution in [0.4, 0.5) is 0 Å². The van der Waals surface area contributed by atoms with Gasteiger partial charge in [-0.05, 0) is 45.7 Å². The molecule has 0 aliphatic rings. The molecule has 0 heterocycles. The normalized spacial score (nSPS) is 10.6. The fraction of sp³-hybridized carbons (Fsp3) is 0.231. The zero-order chi connectivity index (χ0) is 11.4. The second kappa shape index (κ2) is 5.32. The smallest absolute Gasteiger partial charge is 0.134 e. The summed E-state index contributed by atoms with van der Waals surface area (Å²) in [6.45, 7) is 1.32. The minimum atomic E-state index is 0.658. The van der Waals surface area contributed by atoms with E-state index < -0.39 is 0 Å². The molecule has 0 radical (unpaired) electrons. The Hall–Kier alpha value is -1.06. The van der Waals surface area contributed by atoms with Crippen LogP contribution in [0.2, 0.25) is 0 Å². The van der Waals surface area contributed by atoms with Crippen LogP contribution in [0.5, 0.6) is 5.75 Å². The molecule has 2 aromatic carbocycles. The standard InChI is InChI=1S/C13H14BrNO/c14-13-11-5-2-1-4-10(11)6-7-12(13)16-9-3-8-15/h1-2,4-7H,3,8-9,15H2. The predicted octanol–water partition coefficient (Wildman–Crippen LogP) is 3.33. The molecule has 2 rings (SSSR count). The van der Waals surface area contributed by atoms with Gasteiger partial charge in [0.25, 0.3) is 0 Å². The lowest BCUT2D eigenvalue weighted by Crippen LogP contribution is -2.06. The van der Waals surface area contributed by atoms with Gasteiger partial charge in [0, 0.05) is 0 Å². The van der Waals surface area contributed by atoms with Crippen LogP contribution in [0.25, 0.3) is 10.8 Å². The third-order valence-electron chi connectivity index (χ3n) is 2.43. The zero-order valence-electron chi connectivity index (χ0n) is 8.95. The topological polar surface area (TPSA) is 35.2 Å². The molecule has 2 aromatic rings. The van der Waals surface area contributed by atoms with Gasteiger partial charge in [-0.1, -0.05) is 30.3 Å². The van der Waals surface area contributed by atoms with Crippen molar-refractivity contribution in [2.45, 2.75) is 6.42 Å². The summed E-state index contributed by atoms with van der Waals surface area (Å²) in [4.78, 5) is 0. The molecule has 0 amide bonds. The Morgan fingerprint density at radius 3 is 2.75 bits per heavy atom. The molecule has 3 heteroatoms. The number of ether oxygens (including phenoxy) is 1. The molecule has 0 saturated heterocycles. The summed E-state index contributed by atoms with van der Waals surface area (Å²) in [6.07, 6.45) is 0.874. The number of hydrogen-bond donors (Lipinski definition) is 1. The maximum absolute atomic E-state index is 5.66. The van der Waals surface area contributed by atoms with Crippen LogP contribution < -0.4 is 10.5 Å². The fourth-order valence-corrected chi connectivity index (χ4v) is 2.20. The van der Waals surface area contributed by atoms with E-state index in [9.17, 15) is 0 Å². The van der Waals surface area contributed by atoms with Crippen LogP contribution in [-0.2, 0) is 0 Å². The van der Waals surface area contributed by atoms with Crippen molar-refractivity contribution < 1.29 is 4.74 Å². The van der Waals surface area contributed by atoms with Crippen molar-refractivity contribution in [3.63, 3.8) is 0 Å². The Morgan fingerprint density at radius 1 is 1.12 bits per heavy atom. The lowest BCUT2D eigenvalue weighted by Gasteiger charge is -2.09. The number of fused-ring (bicyclic) bond motifs is 1. The van der Waals surface area contributed by atoms with Crippen LogP contribution in [0, 0.1) is 0 Å². The van der Waals surface area contributed by atoms with Crippen molar-refractivity contribution >= 4 is 26.7 Å². The largest absolute Gasteiger partial charge is 0.492 e. The zero-order valence-corrected chi connectivity index (χ0v) is 10.5. The SMILES string of the molecule is NCCCOc1ccc2ccccc2c1Br. The number of hydrogen-bond acceptors (Lipinski definition) is 2. The maximum atomic E-state index is 5.66. The molecular weight excluding hydrogens is 266 g/mol. The van der Waals surface area contributed by atoms with Gasteiger partial charge in [-0.15, -0.1) is 0 Å². The number of nitrogens with two attached hydrogens (primary N) is 1. The van der Waals surface area contributed by atoms with Gasteiger partial charge < -0.3 is 10.5 Å². The van der Waals surface area contributed by atoms with E-state index in [0.29, 0.717) is 13.2 Å². The van der Waals surface area contributed by atoms with Gasteiger partial charge in [-0.2, -0.15) is 0 Å². The molecular formula is C13H14BrNO. The van der Waals surface area contributed by atoms with E-state index in [2.05, 4.69) is 34.1 Å². The highest BCUT2D eigenvalue weighted by Gasteiger charge is 2.05.